The van der Waals surface area contributed by atoms with Crippen LogP contribution in [0.1, 0.15) is 13.3 Å². The third kappa shape index (κ3) is 4.49. The van der Waals surface area contributed by atoms with E-state index in [9.17, 15) is 17.6 Å². The third-order valence-corrected chi connectivity index (χ3v) is 6.78. The first kappa shape index (κ1) is 18.1. The van der Waals surface area contributed by atoms with Gasteiger partial charge in [0.1, 0.15) is 5.82 Å². The van der Waals surface area contributed by atoms with Gasteiger partial charge in [-0.3, -0.25) is 9.69 Å². The van der Waals surface area contributed by atoms with Gasteiger partial charge >= 0.3 is 0 Å². The molecule has 2 aliphatic heterocycles. The maximum Gasteiger partial charge on any atom is 0.237 e. The number of sulfone groups is 1. The second kappa shape index (κ2) is 7.29. The normalized spacial score (nSPS) is 24.9. The van der Waals surface area contributed by atoms with E-state index in [1.54, 1.807) is 12.1 Å². The molecular weight excluding hydrogens is 345 g/mol. The van der Waals surface area contributed by atoms with E-state index in [0.717, 1.165) is 31.9 Å². The number of piperazine rings is 1. The number of hydrogen-bond donors (Lipinski definition) is 1. The number of carbonyl (C=O) groups is 1. The topological polar surface area (TPSA) is 69.7 Å². The first-order chi connectivity index (χ1) is 11.8. The highest BCUT2D eigenvalue weighted by Crippen LogP contribution is 2.18. The Morgan fingerprint density at radius 3 is 2.40 bits per heavy atom. The molecule has 0 radical (unpaired) electrons. The van der Waals surface area contributed by atoms with Crippen molar-refractivity contribution in [3.63, 3.8) is 0 Å². The molecule has 0 bridgehead atoms. The van der Waals surface area contributed by atoms with Crippen LogP contribution in [0.4, 0.5) is 10.1 Å². The van der Waals surface area contributed by atoms with Crippen molar-refractivity contribution in [1.82, 2.24) is 10.2 Å². The number of amides is 1. The van der Waals surface area contributed by atoms with Gasteiger partial charge in [0.25, 0.3) is 0 Å². The molecule has 0 aromatic heterocycles. The van der Waals surface area contributed by atoms with Gasteiger partial charge < -0.3 is 10.2 Å². The number of benzene rings is 1. The quantitative estimate of drug-likeness (QED) is 0.844. The van der Waals surface area contributed by atoms with Crippen LogP contribution >= 0.6 is 0 Å². The van der Waals surface area contributed by atoms with Crippen molar-refractivity contribution in [3.8, 4) is 0 Å². The molecule has 3 rings (SSSR count). The lowest BCUT2D eigenvalue weighted by Gasteiger charge is -2.38. The zero-order valence-electron chi connectivity index (χ0n) is 14.3. The number of rotatable bonds is 4. The molecule has 2 atom stereocenters. The fraction of sp³-hybridized carbons (Fsp3) is 0.588. The Hall–Kier alpha value is -1.67. The largest absolute Gasteiger partial charge is 0.369 e. The van der Waals surface area contributed by atoms with Gasteiger partial charge in [0.05, 0.1) is 17.5 Å². The molecule has 1 N–H and O–H groups in total. The number of carbonyl (C=O) groups excluding carboxylic acids is 1. The van der Waals surface area contributed by atoms with Crippen LogP contribution in [0.5, 0.6) is 0 Å². The summed E-state index contributed by atoms with van der Waals surface area (Å²) in [6.07, 6.45) is 0.499. The maximum absolute atomic E-state index is 13.0. The molecule has 25 heavy (non-hydrogen) atoms. The lowest BCUT2D eigenvalue weighted by Crippen LogP contribution is -2.55. The molecule has 138 valence electrons. The highest BCUT2D eigenvalue weighted by atomic mass is 32.2. The summed E-state index contributed by atoms with van der Waals surface area (Å²) in [5, 5.41) is 2.87. The Labute approximate surface area is 147 Å². The zero-order valence-corrected chi connectivity index (χ0v) is 15.1. The molecular formula is C17H24FN3O3S. The van der Waals surface area contributed by atoms with Crippen LogP contribution in [0.25, 0.3) is 0 Å². The second-order valence-electron chi connectivity index (χ2n) is 6.78. The average Bonchev–Trinajstić information content (AvgIpc) is 2.93. The molecule has 0 unspecified atom stereocenters. The minimum Gasteiger partial charge on any atom is -0.369 e. The van der Waals surface area contributed by atoms with Crippen LogP contribution in [0, 0.1) is 5.82 Å². The summed E-state index contributed by atoms with van der Waals surface area (Å²) in [5.41, 5.74) is 0.981. The minimum atomic E-state index is -2.99. The van der Waals surface area contributed by atoms with E-state index in [1.165, 1.54) is 12.1 Å². The number of hydrogen-bond acceptors (Lipinski definition) is 5. The molecule has 2 fully saturated rings. The van der Waals surface area contributed by atoms with Gasteiger partial charge in [-0.1, -0.05) is 0 Å². The van der Waals surface area contributed by atoms with E-state index in [2.05, 4.69) is 15.1 Å². The van der Waals surface area contributed by atoms with Gasteiger partial charge in [0.2, 0.25) is 5.91 Å². The van der Waals surface area contributed by atoms with Crippen LogP contribution in [0.3, 0.4) is 0 Å². The number of nitrogens with zero attached hydrogens (tertiary/aromatic N) is 2. The lowest BCUT2D eigenvalue weighted by molar-refractivity contribution is -0.126. The summed E-state index contributed by atoms with van der Waals surface area (Å²) < 4.78 is 36.0. The van der Waals surface area contributed by atoms with Gasteiger partial charge in [-0.05, 0) is 37.6 Å². The summed E-state index contributed by atoms with van der Waals surface area (Å²) in [7, 11) is -2.99. The molecule has 0 saturated carbocycles. The first-order valence-corrected chi connectivity index (χ1v) is 10.4. The van der Waals surface area contributed by atoms with Crippen LogP contribution in [0.15, 0.2) is 24.3 Å². The van der Waals surface area contributed by atoms with Crippen LogP contribution in [0.2, 0.25) is 0 Å². The summed E-state index contributed by atoms with van der Waals surface area (Å²) in [5.74, 6) is -0.161. The van der Waals surface area contributed by atoms with Crippen molar-refractivity contribution in [2.24, 2.45) is 0 Å². The Morgan fingerprint density at radius 1 is 1.20 bits per heavy atom. The zero-order chi connectivity index (χ0) is 18.0. The molecule has 1 aromatic rings. The van der Waals surface area contributed by atoms with Crippen LogP contribution in [-0.4, -0.2) is 69.0 Å². The fourth-order valence-corrected chi connectivity index (χ4v) is 5.09. The summed E-state index contributed by atoms with van der Waals surface area (Å²) in [6, 6.07) is 5.88. The molecule has 8 heteroatoms. The van der Waals surface area contributed by atoms with E-state index in [1.807, 2.05) is 6.92 Å². The predicted octanol–water partition coefficient (Wildman–Crippen LogP) is 0.639. The van der Waals surface area contributed by atoms with E-state index >= 15 is 0 Å². The Balaban J connectivity index is 1.50. The molecule has 6 nitrogen and oxygen atoms in total. The van der Waals surface area contributed by atoms with Crippen molar-refractivity contribution in [2.75, 3.05) is 42.6 Å². The van der Waals surface area contributed by atoms with Gasteiger partial charge in [-0.15, -0.1) is 0 Å². The molecule has 1 amide bonds. The Kier molecular flexibility index (Phi) is 5.29. The lowest BCUT2D eigenvalue weighted by atomic mass is 10.1. The van der Waals surface area contributed by atoms with Crippen molar-refractivity contribution in [1.29, 1.82) is 0 Å². The van der Waals surface area contributed by atoms with Crippen molar-refractivity contribution < 1.29 is 17.6 Å². The first-order valence-electron chi connectivity index (χ1n) is 8.59. The highest BCUT2D eigenvalue weighted by molar-refractivity contribution is 7.91. The molecule has 2 saturated heterocycles. The van der Waals surface area contributed by atoms with Crippen molar-refractivity contribution >= 4 is 21.4 Å². The monoisotopic (exact) mass is 369 g/mol. The molecule has 2 aliphatic rings. The minimum absolute atomic E-state index is 0.0454. The van der Waals surface area contributed by atoms with E-state index in [4.69, 9.17) is 0 Å². The number of nitrogens with one attached hydrogen (secondary N) is 1. The Morgan fingerprint density at radius 2 is 1.84 bits per heavy atom. The molecule has 0 aliphatic carbocycles. The summed E-state index contributed by atoms with van der Waals surface area (Å²) in [4.78, 5) is 16.7. The maximum atomic E-state index is 13.0. The van der Waals surface area contributed by atoms with Gasteiger partial charge in [-0.2, -0.15) is 0 Å². The summed E-state index contributed by atoms with van der Waals surface area (Å²) >= 11 is 0. The fourth-order valence-electron chi connectivity index (χ4n) is 3.42. The highest BCUT2D eigenvalue weighted by Gasteiger charge is 2.32. The Bertz CT molecular complexity index is 715. The van der Waals surface area contributed by atoms with Gasteiger partial charge in [0, 0.05) is 37.9 Å². The molecule has 2 heterocycles. The van der Waals surface area contributed by atoms with E-state index in [0.29, 0.717) is 6.42 Å². The molecule has 1 aromatic carbocycles. The van der Waals surface area contributed by atoms with E-state index in [-0.39, 0.29) is 35.3 Å². The summed E-state index contributed by atoms with van der Waals surface area (Å²) in [6.45, 7) is 4.85. The SMILES string of the molecule is C[C@@H](C(=O)N[C@H]1CCS(=O)(=O)C1)N1CCN(c2ccc(F)cc2)CC1. The second-order valence-corrected chi connectivity index (χ2v) is 9.01. The smallest absolute Gasteiger partial charge is 0.237 e. The number of anilines is 1. The van der Waals surface area contributed by atoms with E-state index < -0.39 is 9.84 Å². The van der Waals surface area contributed by atoms with Gasteiger partial charge in [-0.25, -0.2) is 12.8 Å². The average molecular weight is 369 g/mol. The molecule has 0 spiro atoms. The van der Waals surface area contributed by atoms with Crippen LogP contribution in [-0.2, 0) is 14.6 Å². The number of halogens is 1. The van der Waals surface area contributed by atoms with Crippen molar-refractivity contribution in [3.05, 3.63) is 30.1 Å². The standard InChI is InChI=1S/C17H24FN3O3S/c1-13(17(22)19-15-6-11-25(23,24)12-15)20-7-9-21(10-8-20)16-4-2-14(18)3-5-16/h2-5,13,15H,6-12H2,1H3,(H,19,22)/t13-,15-/m0/s1. The van der Waals surface area contributed by atoms with Gasteiger partial charge in [0.15, 0.2) is 9.84 Å². The third-order valence-electron chi connectivity index (χ3n) is 5.01. The van der Waals surface area contributed by atoms with Crippen LogP contribution < -0.4 is 10.2 Å². The predicted molar refractivity (Wildman–Crippen MR) is 94.8 cm³/mol. The van der Waals surface area contributed by atoms with Crippen molar-refractivity contribution in [2.45, 2.75) is 25.4 Å².